The van der Waals surface area contributed by atoms with Gasteiger partial charge in [0.25, 0.3) is 0 Å². The summed E-state index contributed by atoms with van der Waals surface area (Å²) >= 11 is 1.88. The minimum atomic E-state index is 0.774. The number of rotatable bonds is 5. The fourth-order valence-electron chi connectivity index (χ4n) is 0.810. The van der Waals surface area contributed by atoms with Crippen LogP contribution < -0.4 is 5.73 Å². The van der Waals surface area contributed by atoms with Crippen molar-refractivity contribution < 1.29 is 4.42 Å². The molecule has 2 nitrogen and oxygen atoms in total. The molecule has 0 unspecified atom stereocenters. The van der Waals surface area contributed by atoms with Gasteiger partial charge in [-0.25, -0.2) is 0 Å². The first-order chi connectivity index (χ1) is 5.43. The summed E-state index contributed by atoms with van der Waals surface area (Å²) in [5.41, 5.74) is 6.62. The van der Waals surface area contributed by atoms with Crippen molar-refractivity contribution >= 4 is 11.8 Å². The minimum Gasteiger partial charge on any atom is -0.472 e. The lowest BCUT2D eigenvalue weighted by Crippen LogP contribution is -2.02. The average Bonchev–Trinajstić information content (AvgIpc) is 2.50. The van der Waals surface area contributed by atoms with Gasteiger partial charge in [0, 0.05) is 12.3 Å². The third-order valence-electron chi connectivity index (χ3n) is 1.38. The average molecular weight is 171 g/mol. The van der Waals surface area contributed by atoms with Gasteiger partial charge in [0.1, 0.15) is 0 Å². The number of hydrogen-bond acceptors (Lipinski definition) is 3. The molecule has 3 heteroatoms. The van der Waals surface area contributed by atoms with Crippen LogP contribution >= 0.6 is 11.8 Å². The van der Waals surface area contributed by atoms with Gasteiger partial charge in [0.15, 0.2) is 0 Å². The molecule has 0 aliphatic rings. The number of aryl methyl sites for hydroxylation is 1. The number of nitrogens with two attached hydrogens (primary N) is 1. The SMILES string of the molecule is NCCSCCc1ccoc1. The van der Waals surface area contributed by atoms with Gasteiger partial charge in [-0.1, -0.05) is 0 Å². The molecule has 0 atom stereocenters. The van der Waals surface area contributed by atoms with Crippen molar-refractivity contribution in [1.82, 2.24) is 0 Å². The number of hydrogen-bond donors (Lipinski definition) is 1. The molecule has 1 aromatic heterocycles. The minimum absolute atomic E-state index is 0.774. The summed E-state index contributed by atoms with van der Waals surface area (Å²) < 4.78 is 4.94. The Morgan fingerprint density at radius 1 is 1.45 bits per heavy atom. The predicted molar refractivity (Wildman–Crippen MR) is 48.8 cm³/mol. The van der Waals surface area contributed by atoms with Gasteiger partial charge in [-0.2, -0.15) is 11.8 Å². The van der Waals surface area contributed by atoms with Gasteiger partial charge < -0.3 is 10.2 Å². The topological polar surface area (TPSA) is 39.2 Å². The second-order valence-corrected chi connectivity index (χ2v) is 3.51. The Morgan fingerprint density at radius 3 is 3.00 bits per heavy atom. The number of furan rings is 1. The lowest BCUT2D eigenvalue weighted by atomic mass is 10.3. The zero-order chi connectivity index (χ0) is 7.94. The summed E-state index contributed by atoms with van der Waals surface area (Å²) in [5, 5.41) is 0. The molecule has 0 amide bonds. The molecule has 0 fully saturated rings. The maximum atomic E-state index is 5.35. The molecule has 0 saturated carbocycles. The fourth-order valence-corrected chi connectivity index (χ4v) is 1.56. The zero-order valence-corrected chi connectivity index (χ0v) is 7.27. The molecule has 0 saturated heterocycles. The van der Waals surface area contributed by atoms with Crippen molar-refractivity contribution in [3.05, 3.63) is 24.2 Å². The maximum Gasteiger partial charge on any atom is 0.0934 e. The van der Waals surface area contributed by atoms with Crippen molar-refractivity contribution in [3.63, 3.8) is 0 Å². The summed E-state index contributed by atoms with van der Waals surface area (Å²) in [6, 6.07) is 2.00. The van der Waals surface area contributed by atoms with Crippen LogP contribution in [0.2, 0.25) is 0 Å². The first-order valence-electron chi connectivity index (χ1n) is 3.72. The highest BCUT2D eigenvalue weighted by molar-refractivity contribution is 7.99. The lowest BCUT2D eigenvalue weighted by Gasteiger charge is -1.95. The lowest BCUT2D eigenvalue weighted by molar-refractivity contribution is 0.564. The Labute approximate surface area is 71.1 Å². The smallest absolute Gasteiger partial charge is 0.0934 e. The van der Waals surface area contributed by atoms with E-state index in [2.05, 4.69) is 0 Å². The molecule has 62 valence electrons. The van der Waals surface area contributed by atoms with Crippen LogP contribution in [-0.4, -0.2) is 18.1 Å². The molecule has 2 N–H and O–H groups in total. The molecule has 1 heterocycles. The molecule has 0 radical (unpaired) electrons. The Balaban J connectivity index is 2.04. The van der Waals surface area contributed by atoms with Gasteiger partial charge in [0.2, 0.25) is 0 Å². The van der Waals surface area contributed by atoms with E-state index < -0.39 is 0 Å². The highest BCUT2D eigenvalue weighted by Crippen LogP contribution is 2.06. The molecule has 1 aromatic rings. The van der Waals surface area contributed by atoms with Crippen LogP contribution in [0.15, 0.2) is 23.0 Å². The normalized spacial score (nSPS) is 10.3. The van der Waals surface area contributed by atoms with Crippen LogP contribution in [-0.2, 0) is 6.42 Å². The highest BCUT2D eigenvalue weighted by atomic mass is 32.2. The first-order valence-corrected chi connectivity index (χ1v) is 4.88. The van der Waals surface area contributed by atoms with E-state index in [0.29, 0.717) is 0 Å². The van der Waals surface area contributed by atoms with E-state index in [-0.39, 0.29) is 0 Å². The monoisotopic (exact) mass is 171 g/mol. The maximum absolute atomic E-state index is 5.35. The van der Waals surface area contributed by atoms with Crippen molar-refractivity contribution in [2.45, 2.75) is 6.42 Å². The second-order valence-electron chi connectivity index (χ2n) is 2.28. The number of thioether (sulfide) groups is 1. The fraction of sp³-hybridized carbons (Fsp3) is 0.500. The van der Waals surface area contributed by atoms with Gasteiger partial charge >= 0.3 is 0 Å². The largest absolute Gasteiger partial charge is 0.472 e. The molecular formula is C8H13NOS. The Kier molecular flexibility index (Phi) is 4.16. The van der Waals surface area contributed by atoms with E-state index in [1.165, 1.54) is 5.56 Å². The van der Waals surface area contributed by atoms with Gasteiger partial charge in [-0.3, -0.25) is 0 Å². The summed E-state index contributed by atoms with van der Waals surface area (Å²) in [4.78, 5) is 0. The zero-order valence-electron chi connectivity index (χ0n) is 6.45. The van der Waals surface area contributed by atoms with Crippen LogP contribution in [0.5, 0.6) is 0 Å². The van der Waals surface area contributed by atoms with Crippen LogP contribution in [0.1, 0.15) is 5.56 Å². The summed E-state index contributed by atoms with van der Waals surface area (Å²) in [6.45, 7) is 0.774. The van der Waals surface area contributed by atoms with Crippen molar-refractivity contribution in [2.24, 2.45) is 5.73 Å². The summed E-state index contributed by atoms with van der Waals surface area (Å²) in [5.74, 6) is 2.19. The Morgan fingerprint density at radius 2 is 2.36 bits per heavy atom. The molecule has 0 aromatic carbocycles. The molecule has 0 aliphatic heterocycles. The highest BCUT2D eigenvalue weighted by Gasteiger charge is 1.93. The van der Waals surface area contributed by atoms with Crippen LogP contribution in [0.25, 0.3) is 0 Å². The molecule has 0 bridgehead atoms. The van der Waals surface area contributed by atoms with Gasteiger partial charge in [-0.15, -0.1) is 0 Å². The van der Waals surface area contributed by atoms with Crippen LogP contribution in [0, 0.1) is 0 Å². The Hall–Kier alpha value is -0.410. The molecule has 1 rings (SSSR count). The Bertz CT molecular complexity index is 174. The van der Waals surface area contributed by atoms with Crippen LogP contribution in [0.3, 0.4) is 0 Å². The van der Waals surface area contributed by atoms with E-state index in [4.69, 9.17) is 10.2 Å². The van der Waals surface area contributed by atoms with Crippen molar-refractivity contribution in [1.29, 1.82) is 0 Å². The van der Waals surface area contributed by atoms with E-state index in [1.54, 1.807) is 12.5 Å². The van der Waals surface area contributed by atoms with Crippen molar-refractivity contribution in [2.75, 3.05) is 18.1 Å². The van der Waals surface area contributed by atoms with E-state index in [1.807, 2.05) is 17.8 Å². The molecule has 11 heavy (non-hydrogen) atoms. The summed E-state index contributed by atoms with van der Waals surface area (Å²) in [7, 11) is 0. The molecule has 0 aliphatic carbocycles. The van der Waals surface area contributed by atoms with E-state index in [9.17, 15) is 0 Å². The van der Waals surface area contributed by atoms with Crippen molar-refractivity contribution in [3.8, 4) is 0 Å². The van der Waals surface area contributed by atoms with Gasteiger partial charge in [-0.05, 0) is 23.8 Å². The predicted octanol–water partition coefficient (Wildman–Crippen LogP) is 1.51. The quantitative estimate of drug-likeness (QED) is 0.683. The standard InChI is InChI=1S/C8H13NOS/c9-3-6-11-5-2-8-1-4-10-7-8/h1,4,7H,2-3,5-6,9H2. The molecule has 0 spiro atoms. The first kappa shape index (κ1) is 8.68. The second kappa shape index (κ2) is 5.27. The van der Waals surface area contributed by atoms with Crippen LogP contribution in [0.4, 0.5) is 0 Å². The van der Waals surface area contributed by atoms with E-state index >= 15 is 0 Å². The third-order valence-corrected chi connectivity index (χ3v) is 2.39. The summed E-state index contributed by atoms with van der Waals surface area (Å²) in [6.07, 6.45) is 4.59. The van der Waals surface area contributed by atoms with E-state index in [0.717, 1.165) is 24.5 Å². The molecular weight excluding hydrogens is 158 g/mol. The van der Waals surface area contributed by atoms with Gasteiger partial charge in [0.05, 0.1) is 12.5 Å². The third kappa shape index (κ3) is 3.49.